The van der Waals surface area contributed by atoms with Gasteiger partial charge < -0.3 is 4.74 Å². The van der Waals surface area contributed by atoms with E-state index in [2.05, 4.69) is 4.99 Å². The van der Waals surface area contributed by atoms with Crippen molar-refractivity contribution >= 4 is 40.1 Å². The lowest BCUT2D eigenvalue weighted by atomic mass is 9.72. The molecular weight excluding hydrogens is 386 g/mol. The Morgan fingerprint density at radius 1 is 1.21 bits per heavy atom. The first-order valence-electron chi connectivity index (χ1n) is 9.67. The molecule has 0 bridgehead atoms. The van der Waals surface area contributed by atoms with Crippen LogP contribution >= 0.6 is 11.3 Å². The number of carbonyl (C=O) groups excluding carboxylic acids is 3. The molecule has 0 N–H and O–H groups in total. The van der Waals surface area contributed by atoms with E-state index in [1.54, 1.807) is 6.92 Å². The normalized spacial score (nSPS) is 17.1. The molecule has 1 heterocycles. The largest absolute Gasteiger partial charge is 0.462 e. The van der Waals surface area contributed by atoms with Crippen molar-refractivity contribution in [3.05, 3.63) is 40.8 Å². The molecule has 1 aliphatic rings. The number of benzene rings is 1. The van der Waals surface area contributed by atoms with Gasteiger partial charge in [-0.05, 0) is 24.8 Å². The van der Waals surface area contributed by atoms with Gasteiger partial charge in [-0.3, -0.25) is 9.59 Å². The number of esters is 1. The molecule has 0 atom stereocenters. The van der Waals surface area contributed by atoms with Gasteiger partial charge in [0.05, 0.1) is 6.61 Å². The molecule has 3 rings (SSSR count). The summed E-state index contributed by atoms with van der Waals surface area (Å²) >= 11 is 1.30. The first kappa shape index (κ1) is 21.1. The Labute approximate surface area is 174 Å². The van der Waals surface area contributed by atoms with Crippen LogP contribution in [0.4, 0.5) is 5.00 Å². The van der Waals surface area contributed by atoms with Crippen LogP contribution in [0.2, 0.25) is 0 Å². The lowest BCUT2D eigenvalue weighted by molar-refractivity contribution is -0.136. The third kappa shape index (κ3) is 4.70. The molecule has 2 aromatic rings. The average molecular weight is 412 g/mol. The number of nitrogens with zero attached hydrogens (tertiary/aromatic N) is 1. The fraction of sp³-hybridized carbons (Fsp3) is 0.391. The van der Waals surface area contributed by atoms with E-state index in [4.69, 9.17) is 4.74 Å². The van der Waals surface area contributed by atoms with Crippen molar-refractivity contribution in [2.24, 2.45) is 16.3 Å². The Morgan fingerprint density at radius 3 is 2.41 bits per heavy atom. The Bertz CT molecular complexity index is 949. The average Bonchev–Trinajstić information content (AvgIpc) is 3.05. The molecule has 1 aromatic carbocycles. The predicted octanol–water partition coefficient (Wildman–Crippen LogP) is 5.18. The summed E-state index contributed by atoms with van der Waals surface area (Å²) in [6.45, 7) is 7.84. The Hall–Kier alpha value is -2.60. The molecule has 1 aromatic heterocycles. The summed E-state index contributed by atoms with van der Waals surface area (Å²) in [4.78, 5) is 41.9. The molecule has 1 aliphatic carbocycles. The van der Waals surface area contributed by atoms with Crippen molar-refractivity contribution in [3.63, 3.8) is 0 Å². The number of aliphatic imine (C=N–C) groups is 1. The summed E-state index contributed by atoms with van der Waals surface area (Å²) in [6, 6.07) is 7.85. The quantitative estimate of drug-likeness (QED) is 0.386. The second-order valence-corrected chi connectivity index (χ2v) is 8.98. The van der Waals surface area contributed by atoms with Crippen LogP contribution in [-0.2, 0) is 14.3 Å². The maximum Gasteiger partial charge on any atom is 0.341 e. The zero-order valence-corrected chi connectivity index (χ0v) is 18.0. The highest BCUT2D eigenvalue weighted by Gasteiger charge is 2.38. The summed E-state index contributed by atoms with van der Waals surface area (Å²) < 4.78 is 5.23. The van der Waals surface area contributed by atoms with Gasteiger partial charge in [0.25, 0.3) is 0 Å². The predicted molar refractivity (Wildman–Crippen MR) is 115 cm³/mol. The van der Waals surface area contributed by atoms with Crippen molar-refractivity contribution in [3.8, 4) is 11.1 Å². The van der Waals surface area contributed by atoms with Crippen LogP contribution in [0.15, 0.2) is 34.6 Å². The standard InChI is InChI=1S/C23H25NO4S/c1-5-28-22(27)20-17(15-8-6-14(2)7-9-15)13-29-21(20)24-12-16-18(25)10-23(3,4)11-19(16)26/h6-9,12-13,16H,5,10-11H2,1-4H3/b24-12+. The van der Waals surface area contributed by atoms with Crippen molar-refractivity contribution in [2.45, 2.75) is 40.5 Å². The van der Waals surface area contributed by atoms with Gasteiger partial charge in [-0.1, -0.05) is 43.7 Å². The Kier molecular flexibility index (Phi) is 6.13. The molecule has 0 amide bonds. The van der Waals surface area contributed by atoms with Crippen LogP contribution in [0.1, 0.15) is 49.5 Å². The summed E-state index contributed by atoms with van der Waals surface area (Å²) in [5.74, 6) is -1.55. The summed E-state index contributed by atoms with van der Waals surface area (Å²) in [6.07, 6.45) is 2.09. The van der Waals surface area contributed by atoms with Gasteiger partial charge in [-0.25, -0.2) is 9.79 Å². The van der Waals surface area contributed by atoms with Gasteiger partial charge in [0.2, 0.25) is 0 Å². The summed E-state index contributed by atoms with van der Waals surface area (Å²) in [7, 11) is 0. The number of rotatable bonds is 5. The molecule has 1 fully saturated rings. The van der Waals surface area contributed by atoms with Crippen molar-refractivity contribution in [2.75, 3.05) is 6.61 Å². The third-order valence-electron chi connectivity index (χ3n) is 4.95. The molecule has 0 unspecified atom stereocenters. The van der Waals surface area contributed by atoms with E-state index < -0.39 is 11.9 Å². The summed E-state index contributed by atoms with van der Waals surface area (Å²) in [5.41, 5.74) is 2.81. The topological polar surface area (TPSA) is 72.8 Å². The van der Waals surface area contributed by atoms with Gasteiger partial charge in [0.1, 0.15) is 28.0 Å². The second-order valence-electron chi connectivity index (χ2n) is 8.12. The van der Waals surface area contributed by atoms with E-state index in [1.807, 2.05) is 50.4 Å². The lowest BCUT2D eigenvalue weighted by Crippen LogP contribution is -2.38. The zero-order valence-electron chi connectivity index (χ0n) is 17.2. The van der Waals surface area contributed by atoms with E-state index in [0.717, 1.165) is 16.7 Å². The number of thiophene rings is 1. The smallest absolute Gasteiger partial charge is 0.341 e. The number of ketones is 2. The fourth-order valence-electron chi connectivity index (χ4n) is 3.50. The highest BCUT2D eigenvalue weighted by atomic mass is 32.1. The van der Waals surface area contributed by atoms with E-state index in [1.165, 1.54) is 17.6 Å². The third-order valence-corrected chi connectivity index (χ3v) is 5.84. The van der Waals surface area contributed by atoms with Crippen LogP contribution in [0.3, 0.4) is 0 Å². The highest BCUT2D eigenvalue weighted by molar-refractivity contribution is 7.14. The van der Waals surface area contributed by atoms with E-state index in [-0.39, 0.29) is 23.6 Å². The van der Waals surface area contributed by atoms with Crippen molar-refractivity contribution in [1.29, 1.82) is 0 Å². The lowest BCUT2D eigenvalue weighted by Gasteiger charge is -2.30. The maximum absolute atomic E-state index is 12.6. The minimum Gasteiger partial charge on any atom is -0.462 e. The molecule has 6 heteroatoms. The molecule has 29 heavy (non-hydrogen) atoms. The molecule has 0 radical (unpaired) electrons. The summed E-state index contributed by atoms with van der Waals surface area (Å²) in [5, 5.41) is 2.31. The van der Waals surface area contributed by atoms with Crippen LogP contribution in [0.25, 0.3) is 11.1 Å². The molecule has 0 saturated heterocycles. The Balaban J connectivity index is 1.96. The van der Waals surface area contributed by atoms with Gasteiger partial charge in [0, 0.05) is 30.0 Å². The molecule has 1 saturated carbocycles. The van der Waals surface area contributed by atoms with Crippen LogP contribution in [-0.4, -0.2) is 30.4 Å². The number of hydrogen-bond acceptors (Lipinski definition) is 6. The monoisotopic (exact) mass is 411 g/mol. The number of aryl methyl sites for hydroxylation is 1. The second kappa shape index (κ2) is 8.41. The van der Waals surface area contributed by atoms with Crippen LogP contribution < -0.4 is 0 Å². The minimum atomic E-state index is -0.844. The number of hydrogen-bond donors (Lipinski definition) is 0. The van der Waals surface area contributed by atoms with Gasteiger partial charge in [0.15, 0.2) is 0 Å². The van der Waals surface area contributed by atoms with Gasteiger partial charge in [-0.15, -0.1) is 11.3 Å². The number of ether oxygens (including phenoxy) is 1. The van der Waals surface area contributed by atoms with Crippen LogP contribution in [0, 0.1) is 18.3 Å². The number of carbonyl (C=O) groups is 3. The highest BCUT2D eigenvalue weighted by Crippen LogP contribution is 2.39. The van der Waals surface area contributed by atoms with Crippen molar-refractivity contribution in [1.82, 2.24) is 0 Å². The van der Waals surface area contributed by atoms with Gasteiger partial charge in [-0.2, -0.15) is 0 Å². The SMILES string of the molecule is CCOC(=O)c1c(-c2ccc(C)cc2)csc1/N=C/C1C(=O)CC(C)(C)CC1=O. The molecule has 0 aliphatic heterocycles. The Morgan fingerprint density at radius 2 is 1.83 bits per heavy atom. The molecule has 0 spiro atoms. The van der Waals surface area contributed by atoms with Crippen LogP contribution in [0.5, 0.6) is 0 Å². The van der Waals surface area contributed by atoms with Crippen molar-refractivity contribution < 1.29 is 19.1 Å². The van der Waals surface area contributed by atoms with E-state index >= 15 is 0 Å². The number of Topliss-reactive ketones (excluding diaryl/α,β-unsaturated/α-hetero) is 2. The molecule has 152 valence electrons. The molecular formula is C23H25NO4S. The fourth-order valence-corrected chi connectivity index (χ4v) is 4.42. The first-order chi connectivity index (χ1) is 13.7. The minimum absolute atomic E-state index is 0.122. The van der Waals surface area contributed by atoms with E-state index in [0.29, 0.717) is 23.4 Å². The van der Waals surface area contributed by atoms with Gasteiger partial charge >= 0.3 is 5.97 Å². The zero-order chi connectivity index (χ0) is 21.2. The molecule has 5 nitrogen and oxygen atoms in total. The van der Waals surface area contributed by atoms with E-state index in [9.17, 15) is 14.4 Å². The first-order valence-corrected chi connectivity index (χ1v) is 10.5. The maximum atomic E-state index is 12.6.